The van der Waals surface area contributed by atoms with Crippen molar-refractivity contribution < 1.29 is 4.79 Å². The summed E-state index contributed by atoms with van der Waals surface area (Å²) in [5, 5.41) is 12.6. The van der Waals surface area contributed by atoms with Crippen molar-refractivity contribution in [2.45, 2.75) is 42.6 Å². The van der Waals surface area contributed by atoms with E-state index in [0.717, 1.165) is 29.5 Å². The highest BCUT2D eigenvalue weighted by molar-refractivity contribution is 8.00. The Bertz CT molecular complexity index is 740. The van der Waals surface area contributed by atoms with Crippen molar-refractivity contribution >= 4 is 35.0 Å². The van der Waals surface area contributed by atoms with Crippen LogP contribution in [0.1, 0.15) is 31.5 Å². The second-order valence-corrected chi connectivity index (χ2v) is 7.51. The Labute approximate surface area is 150 Å². The Morgan fingerprint density at radius 3 is 2.79 bits per heavy atom. The largest absolute Gasteiger partial charge is 0.325 e. The first-order valence-electron chi connectivity index (χ1n) is 7.85. The van der Waals surface area contributed by atoms with Gasteiger partial charge in [-0.15, -0.1) is 16.8 Å². The zero-order valence-corrected chi connectivity index (χ0v) is 15.0. The van der Waals surface area contributed by atoms with Crippen LogP contribution >= 0.6 is 23.4 Å². The van der Waals surface area contributed by atoms with Crippen molar-refractivity contribution in [3.8, 4) is 0 Å². The molecule has 126 valence electrons. The molecule has 1 aromatic carbocycles. The molecular formula is C17H19ClN4OS. The highest BCUT2D eigenvalue weighted by Gasteiger charge is 2.30. The van der Waals surface area contributed by atoms with Crippen molar-refractivity contribution in [3.63, 3.8) is 0 Å². The number of carbonyl (C=O) groups is 1. The minimum atomic E-state index is -0.291. The summed E-state index contributed by atoms with van der Waals surface area (Å²) in [5.41, 5.74) is 0.725. The van der Waals surface area contributed by atoms with Crippen molar-refractivity contribution in [3.05, 3.63) is 47.8 Å². The molecule has 0 radical (unpaired) electrons. The van der Waals surface area contributed by atoms with E-state index < -0.39 is 0 Å². The average Bonchev–Trinajstić information content (AvgIpc) is 3.34. The van der Waals surface area contributed by atoms with Crippen LogP contribution < -0.4 is 5.32 Å². The molecule has 1 unspecified atom stereocenters. The van der Waals surface area contributed by atoms with Gasteiger partial charge in [0.25, 0.3) is 0 Å². The number of thioether (sulfide) groups is 1. The lowest BCUT2D eigenvalue weighted by molar-refractivity contribution is -0.115. The van der Waals surface area contributed by atoms with Gasteiger partial charge in [-0.3, -0.25) is 4.79 Å². The summed E-state index contributed by atoms with van der Waals surface area (Å²) < 4.78 is 2.06. The molecule has 3 rings (SSSR count). The van der Waals surface area contributed by atoms with Crippen LogP contribution in [0.4, 0.5) is 5.69 Å². The molecule has 0 saturated heterocycles. The summed E-state index contributed by atoms with van der Waals surface area (Å²) in [6, 6.07) is 7.06. The van der Waals surface area contributed by atoms with Crippen molar-refractivity contribution in [2.75, 3.05) is 5.32 Å². The molecule has 1 fully saturated rings. The van der Waals surface area contributed by atoms with Crippen LogP contribution in [0.15, 0.2) is 42.1 Å². The van der Waals surface area contributed by atoms with Gasteiger partial charge in [0, 0.05) is 23.2 Å². The number of rotatable bonds is 7. The predicted molar refractivity (Wildman–Crippen MR) is 97.6 cm³/mol. The molecule has 0 spiro atoms. The van der Waals surface area contributed by atoms with E-state index in [2.05, 4.69) is 26.7 Å². The molecule has 24 heavy (non-hydrogen) atoms. The molecular weight excluding hydrogens is 344 g/mol. The molecule has 7 heteroatoms. The highest BCUT2D eigenvalue weighted by atomic mass is 35.5. The van der Waals surface area contributed by atoms with Crippen LogP contribution in [0.5, 0.6) is 0 Å². The average molecular weight is 363 g/mol. The van der Waals surface area contributed by atoms with Gasteiger partial charge in [0.15, 0.2) is 5.16 Å². The van der Waals surface area contributed by atoms with Crippen LogP contribution in [0.3, 0.4) is 0 Å². The fraction of sp³-hybridized carbons (Fsp3) is 0.353. The zero-order valence-electron chi connectivity index (χ0n) is 13.4. The second-order valence-electron chi connectivity index (χ2n) is 5.77. The van der Waals surface area contributed by atoms with E-state index >= 15 is 0 Å². The Balaban J connectivity index is 1.67. The summed E-state index contributed by atoms with van der Waals surface area (Å²) in [7, 11) is 0. The van der Waals surface area contributed by atoms with E-state index in [1.807, 2.05) is 13.0 Å². The van der Waals surface area contributed by atoms with Crippen LogP contribution in [-0.2, 0) is 11.3 Å². The lowest BCUT2D eigenvalue weighted by atomic mass is 10.3. The third-order valence-electron chi connectivity index (χ3n) is 3.76. The molecule has 1 aliphatic carbocycles. The van der Waals surface area contributed by atoms with Gasteiger partial charge in [-0.25, -0.2) is 0 Å². The van der Waals surface area contributed by atoms with E-state index in [0.29, 0.717) is 17.5 Å². The van der Waals surface area contributed by atoms with E-state index in [4.69, 9.17) is 11.6 Å². The van der Waals surface area contributed by atoms with Crippen LogP contribution in [0.25, 0.3) is 0 Å². The molecule has 1 heterocycles. The topological polar surface area (TPSA) is 59.8 Å². The number of hydrogen-bond acceptors (Lipinski definition) is 4. The van der Waals surface area contributed by atoms with Gasteiger partial charge >= 0.3 is 0 Å². The van der Waals surface area contributed by atoms with E-state index in [1.54, 1.807) is 24.3 Å². The molecule has 1 atom stereocenters. The van der Waals surface area contributed by atoms with Gasteiger partial charge in [0.2, 0.25) is 5.91 Å². The fourth-order valence-electron chi connectivity index (χ4n) is 2.32. The van der Waals surface area contributed by atoms with Gasteiger partial charge in [-0.2, -0.15) is 0 Å². The van der Waals surface area contributed by atoms with E-state index in [-0.39, 0.29) is 11.2 Å². The minimum Gasteiger partial charge on any atom is -0.325 e. The quantitative estimate of drug-likeness (QED) is 0.594. The molecule has 0 bridgehead atoms. The molecule has 5 nitrogen and oxygen atoms in total. The van der Waals surface area contributed by atoms with Gasteiger partial charge in [0.1, 0.15) is 5.82 Å². The van der Waals surface area contributed by atoms with Crippen LogP contribution in [0.2, 0.25) is 5.02 Å². The SMILES string of the molecule is C=CCn1c(SC(C)C(=O)Nc2ccc(Cl)cc2)nnc1C1CC1. The smallest absolute Gasteiger partial charge is 0.237 e. The first-order chi connectivity index (χ1) is 11.6. The number of halogens is 1. The van der Waals surface area contributed by atoms with Gasteiger partial charge in [0.05, 0.1) is 5.25 Å². The summed E-state index contributed by atoms with van der Waals surface area (Å²) in [6.07, 6.45) is 4.15. The maximum absolute atomic E-state index is 12.4. The number of allylic oxidation sites excluding steroid dienone is 1. The van der Waals surface area contributed by atoms with Crippen LogP contribution in [0, 0.1) is 0 Å². The lowest BCUT2D eigenvalue weighted by Crippen LogP contribution is -2.23. The molecule has 1 aliphatic rings. The molecule has 2 aromatic rings. The molecule has 1 N–H and O–H groups in total. The minimum absolute atomic E-state index is 0.0801. The molecule has 1 saturated carbocycles. The highest BCUT2D eigenvalue weighted by Crippen LogP contribution is 2.40. The maximum Gasteiger partial charge on any atom is 0.237 e. The standard InChI is InChI=1S/C17H19ClN4OS/c1-3-10-22-15(12-4-5-12)20-21-17(22)24-11(2)16(23)19-14-8-6-13(18)7-9-14/h3,6-9,11-12H,1,4-5,10H2,2H3,(H,19,23). The van der Waals surface area contributed by atoms with Crippen LogP contribution in [-0.4, -0.2) is 25.9 Å². The molecule has 0 aliphatic heterocycles. The maximum atomic E-state index is 12.4. The second kappa shape index (κ2) is 7.40. The fourth-order valence-corrected chi connectivity index (χ4v) is 3.31. The zero-order chi connectivity index (χ0) is 17.1. The number of amides is 1. The van der Waals surface area contributed by atoms with Crippen molar-refractivity contribution in [1.29, 1.82) is 0 Å². The van der Waals surface area contributed by atoms with Gasteiger partial charge in [-0.1, -0.05) is 29.4 Å². The van der Waals surface area contributed by atoms with E-state index in [1.165, 1.54) is 11.8 Å². The monoisotopic (exact) mass is 362 g/mol. The summed E-state index contributed by atoms with van der Waals surface area (Å²) in [4.78, 5) is 12.4. The Hall–Kier alpha value is -1.79. The number of benzene rings is 1. The van der Waals surface area contributed by atoms with Gasteiger partial charge in [-0.05, 0) is 44.0 Å². The number of anilines is 1. The molecule has 1 amide bonds. The Morgan fingerprint density at radius 1 is 1.46 bits per heavy atom. The number of nitrogens with zero attached hydrogens (tertiary/aromatic N) is 3. The summed E-state index contributed by atoms with van der Waals surface area (Å²) >= 11 is 7.27. The van der Waals surface area contributed by atoms with Crippen molar-refractivity contribution in [1.82, 2.24) is 14.8 Å². The first kappa shape index (κ1) is 17.0. The number of carbonyl (C=O) groups excluding carboxylic acids is 1. The van der Waals surface area contributed by atoms with E-state index in [9.17, 15) is 4.79 Å². The summed E-state index contributed by atoms with van der Waals surface area (Å²) in [6.45, 7) is 6.32. The Kier molecular flexibility index (Phi) is 5.26. The summed E-state index contributed by atoms with van der Waals surface area (Å²) in [5.74, 6) is 1.43. The normalized spacial score (nSPS) is 15.1. The Morgan fingerprint density at radius 2 is 2.17 bits per heavy atom. The molecule has 1 aromatic heterocycles. The van der Waals surface area contributed by atoms with Crippen molar-refractivity contribution in [2.24, 2.45) is 0 Å². The predicted octanol–water partition coefficient (Wildman–Crippen LogP) is 4.11. The third-order valence-corrected chi connectivity index (χ3v) is 5.10. The number of nitrogens with one attached hydrogen (secondary N) is 1. The first-order valence-corrected chi connectivity index (χ1v) is 9.11. The third kappa shape index (κ3) is 3.99. The lowest BCUT2D eigenvalue weighted by Gasteiger charge is -2.13. The number of hydrogen-bond donors (Lipinski definition) is 1. The number of aromatic nitrogens is 3. The van der Waals surface area contributed by atoms with Gasteiger partial charge < -0.3 is 9.88 Å².